The van der Waals surface area contributed by atoms with Crippen LogP contribution in [0.5, 0.6) is 0 Å². The van der Waals surface area contributed by atoms with Crippen LogP contribution in [-0.4, -0.2) is 24.0 Å². The van der Waals surface area contributed by atoms with Gasteiger partial charge in [-0.1, -0.05) is 12.1 Å². The highest BCUT2D eigenvalue weighted by Gasteiger charge is 2.51. The zero-order chi connectivity index (χ0) is 17.3. The zero-order valence-corrected chi connectivity index (χ0v) is 14.2. The number of amides is 1. The first-order valence-corrected chi connectivity index (χ1v) is 8.92. The van der Waals surface area contributed by atoms with Gasteiger partial charge >= 0.3 is 0 Å². The molecule has 1 aromatic heterocycles. The van der Waals surface area contributed by atoms with Gasteiger partial charge in [-0.05, 0) is 61.1 Å². The van der Waals surface area contributed by atoms with Gasteiger partial charge in [-0.2, -0.15) is 0 Å². The first-order valence-electron chi connectivity index (χ1n) is 8.92. The molecule has 0 bridgehead atoms. The van der Waals surface area contributed by atoms with Gasteiger partial charge in [0.1, 0.15) is 11.6 Å². The maximum absolute atomic E-state index is 13.1. The minimum Gasteiger partial charge on any atom is -0.357 e. The molecule has 0 radical (unpaired) electrons. The van der Waals surface area contributed by atoms with Crippen LogP contribution in [0.15, 0.2) is 42.6 Å². The molecule has 2 aromatic rings. The molecule has 5 heteroatoms. The fourth-order valence-electron chi connectivity index (χ4n) is 3.58. The van der Waals surface area contributed by atoms with Gasteiger partial charge in [0.25, 0.3) is 0 Å². The van der Waals surface area contributed by atoms with E-state index in [1.807, 2.05) is 12.3 Å². The Balaban J connectivity index is 1.42. The Morgan fingerprint density at radius 2 is 1.88 bits per heavy atom. The van der Waals surface area contributed by atoms with Gasteiger partial charge in [-0.3, -0.25) is 4.79 Å². The monoisotopic (exact) mass is 339 g/mol. The largest absolute Gasteiger partial charge is 0.357 e. The molecule has 0 unspecified atom stereocenters. The maximum Gasteiger partial charge on any atom is 0.230 e. The van der Waals surface area contributed by atoms with E-state index >= 15 is 0 Å². The Morgan fingerprint density at radius 3 is 2.56 bits per heavy atom. The van der Waals surface area contributed by atoms with Crippen LogP contribution in [-0.2, 0) is 16.8 Å². The van der Waals surface area contributed by atoms with Gasteiger partial charge in [-0.15, -0.1) is 0 Å². The SMILES string of the molecule is O=C(NCc1ccnc(N2CCCC2)c1)C1(c2ccc(F)cc2)CC1. The van der Waals surface area contributed by atoms with Crippen molar-refractivity contribution in [1.29, 1.82) is 0 Å². The highest BCUT2D eigenvalue weighted by molar-refractivity contribution is 5.91. The molecular weight excluding hydrogens is 317 g/mol. The summed E-state index contributed by atoms with van der Waals surface area (Å²) in [6, 6.07) is 10.3. The van der Waals surface area contributed by atoms with Crippen molar-refractivity contribution in [3.8, 4) is 0 Å². The van der Waals surface area contributed by atoms with Crippen molar-refractivity contribution in [2.45, 2.75) is 37.6 Å². The number of nitrogens with zero attached hydrogens (tertiary/aromatic N) is 2. The molecular formula is C20H22FN3O. The second kappa shape index (κ2) is 6.47. The third-order valence-electron chi connectivity index (χ3n) is 5.27. The van der Waals surface area contributed by atoms with E-state index in [1.54, 1.807) is 12.1 Å². The summed E-state index contributed by atoms with van der Waals surface area (Å²) in [5, 5.41) is 3.05. The molecule has 1 aromatic carbocycles. The number of carbonyl (C=O) groups excluding carboxylic acids is 1. The van der Waals surface area contributed by atoms with Crippen LogP contribution in [0.1, 0.15) is 36.8 Å². The summed E-state index contributed by atoms with van der Waals surface area (Å²) in [4.78, 5) is 19.4. The van der Waals surface area contributed by atoms with Crippen LogP contribution >= 0.6 is 0 Å². The molecule has 130 valence electrons. The third kappa shape index (κ3) is 3.23. The first kappa shape index (κ1) is 16.1. The van der Waals surface area contributed by atoms with E-state index in [4.69, 9.17) is 0 Å². The average molecular weight is 339 g/mol. The Morgan fingerprint density at radius 1 is 1.16 bits per heavy atom. The van der Waals surface area contributed by atoms with Crippen LogP contribution in [0.25, 0.3) is 0 Å². The Bertz CT molecular complexity index is 765. The number of hydrogen-bond acceptors (Lipinski definition) is 3. The van der Waals surface area contributed by atoms with Crippen molar-refractivity contribution in [1.82, 2.24) is 10.3 Å². The second-order valence-electron chi connectivity index (χ2n) is 6.99. The van der Waals surface area contributed by atoms with Crippen molar-refractivity contribution in [3.05, 3.63) is 59.5 Å². The predicted molar refractivity (Wildman–Crippen MR) is 94.8 cm³/mol. The van der Waals surface area contributed by atoms with E-state index in [1.165, 1.54) is 25.0 Å². The number of nitrogens with one attached hydrogen (secondary N) is 1. The standard InChI is InChI=1S/C20H22FN3O/c21-17-5-3-16(4-6-17)20(8-9-20)19(25)23-14-15-7-10-22-18(13-15)24-11-1-2-12-24/h3-7,10,13H,1-2,8-9,11-12,14H2,(H,23,25). The summed E-state index contributed by atoms with van der Waals surface area (Å²) in [6.07, 6.45) is 5.87. The summed E-state index contributed by atoms with van der Waals surface area (Å²) in [6.45, 7) is 2.60. The fourth-order valence-corrected chi connectivity index (χ4v) is 3.58. The van der Waals surface area contributed by atoms with Crippen molar-refractivity contribution in [3.63, 3.8) is 0 Å². The highest BCUT2D eigenvalue weighted by atomic mass is 19.1. The zero-order valence-electron chi connectivity index (χ0n) is 14.2. The van der Waals surface area contributed by atoms with Gasteiger partial charge in [-0.25, -0.2) is 9.37 Å². The van der Waals surface area contributed by atoms with Crippen LogP contribution in [0.3, 0.4) is 0 Å². The van der Waals surface area contributed by atoms with Crippen LogP contribution in [0.2, 0.25) is 0 Å². The number of hydrogen-bond donors (Lipinski definition) is 1. The highest BCUT2D eigenvalue weighted by Crippen LogP contribution is 2.48. The molecule has 25 heavy (non-hydrogen) atoms. The fraction of sp³-hybridized carbons (Fsp3) is 0.400. The topological polar surface area (TPSA) is 45.2 Å². The lowest BCUT2D eigenvalue weighted by Gasteiger charge is -2.18. The summed E-state index contributed by atoms with van der Waals surface area (Å²) in [5.74, 6) is 0.744. The van der Waals surface area contributed by atoms with Crippen LogP contribution in [0.4, 0.5) is 10.2 Å². The molecule has 1 aliphatic carbocycles. The van der Waals surface area contributed by atoms with E-state index in [9.17, 15) is 9.18 Å². The summed E-state index contributed by atoms with van der Waals surface area (Å²) < 4.78 is 13.1. The van der Waals surface area contributed by atoms with Gasteiger partial charge < -0.3 is 10.2 Å². The molecule has 0 atom stereocenters. The summed E-state index contributed by atoms with van der Waals surface area (Å²) in [5.41, 5.74) is 1.48. The molecule has 0 spiro atoms. The van der Waals surface area contributed by atoms with E-state index in [-0.39, 0.29) is 11.7 Å². The maximum atomic E-state index is 13.1. The number of anilines is 1. The quantitative estimate of drug-likeness (QED) is 0.910. The smallest absolute Gasteiger partial charge is 0.230 e. The molecule has 1 N–H and O–H groups in total. The van der Waals surface area contributed by atoms with Gasteiger partial charge in [0.05, 0.1) is 5.41 Å². The molecule has 2 heterocycles. The number of aromatic nitrogens is 1. The molecule has 4 nitrogen and oxygen atoms in total. The van der Waals surface area contributed by atoms with Gasteiger partial charge in [0.15, 0.2) is 0 Å². The summed E-state index contributed by atoms with van der Waals surface area (Å²) in [7, 11) is 0. The Kier molecular flexibility index (Phi) is 4.15. The molecule has 2 fully saturated rings. The average Bonchev–Trinajstić information content (AvgIpc) is 3.26. The van der Waals surface area contributed by atoms with Crippen molar-refractivity contribution < 1.29 is 9.18 Å². The number of halogens is 1. The minimum absolute atomic E-state index is 0.0265. The van der Waals surface area contributed by atoms with Crippen LogP contribution < -0.4 is 10.2 Å². The Hall–Kier alpha value is -2.43. The third-order valence-corrected chi connectivity index (χ3v) is 5.27. The number of pyridine rings is 1. The molecule has 1 aliphatic heterocycles. The van der Waals surface area contributed by atoms with Crippen molar-refractivity contribution >= 4 is 11.7 Å². The van der Waals surface area contributed by atoms with Gasteiger partial charge in [0.2, 0.25) is 5.91 Å². The lowest BCUT2D eigenvalue weighted by Crippen LogP contribution is -2.34. The number of rotatable bonds is 5. The molecule has 2 aliphatic rings. The summed E-state index contributed by atoms with van der Waals surface area (Å²) >= 11 is 0. The number of carbonyl (C=O) groups is 1. The van der Waals surface area contributed by atoms with E-state index in [0.29, 0.717) is 6.54 Å². The van der Waals surface area contributed by atoms with E-state index in [0.717, 1.165) is 42.9 Å². The molecule has 1 saturated heterocycles. The van der Waals surface area contributed by atoms with Crippen LogP contribution in [0, 0.1) is 5.82 Å². The predicted octanol–water partition coefficient (Wildman–Crippen LogP) is 3.17. The van der Waals surface area contributed by atoms with E-state index in [2.05, 4.69) is 21.3 Å². The molecule has 1 saturated carbocycles. The lowest BCUT2D eigenvalue weighted by atomic mass is 9.95. The lowest BCUT2D eigenvalue weighted by molar-refractivity contribution is -0.123. The normalized spacial score (nSPS) is 18.2. The van der Waals surface area contributed by atoms with Crippen molar-refractivity contribution in [2.75, 3.05) is 18.0 Å². The van der Waals surface area contributed by atoms with Gasteiger partial charge in [0, 0.05) is 25.8 Å². The number of benzene rings is 1. The van der Waals surface area contributed by atoms with E-state index < -0.39 is 5.41 Å². The van der Waals surface area contributed by atoms with Crippen molar-refractivity contribution in [2.24, 2.45) is 0 Å². The first-order chi connectivity index (χ1) is 12.2. The Labute approximate surface area is 147 Å². The minimum atomic E-state index is -0.474. The molecule has 1 amide bonds. The molecule has 4 rings (SSSR count). The second-order valence-corrected chi connectivity index (χ2v) is 6.99.